The number of hydrogen-bond donors (Lipinski definition) is 4. The molecule has 0 aliphatic heterocycles. The molecular formula is C8H12O3S2. The van der Waals surface area contributed by atoms with Crippen LogP contribution in [0.1, 0.15) is 16.5 Å². The molecular weight excluding hydrogens is 208 g/mol. The highest BCUT2D eigenvalue weighted by atomic mass is 32.1. The Balaban J connectivity index is 2.70. The summed E-state index contributed by atoms with van der Waals surface area (Å²) in [5.74, 6) is 0.214. The monoisotopic (exact) mass is 220 g/mol. The van der Waals surface area contributed by atoms with E-state index in [1.165, 1.54) is 11.3 Å². The normalized spacial score (nSPS) is 15.7. The minimum atomic E-state index is -0.908. The van der Waals surface area contributed by atoms with E-state index in [2.05, 4.69) is 12.6 Å². The Kier molecular flexibility index (Phi) is 4.21. The van der Waals surface area contributed by atoms with Crippen LogP contribution in [0.15, 0.2) is 11.4 Å². The molecule has 0 aliphatic rings. The smallest absolute Gasteiger partial charge is 0.106 e. The molecule has 74 valence electrons. The van der Waals surface area contributed by atoms with Gasteiger partial charge in [-0.05, 0) is 17.0 Å². The van der Waals surface area contributed by atoms with E-state index in [9.17, 15) is 10.2 Å². The molecule has 0 saturated carbocycles. The average Bonchev–Trinajstić information content (AvgIpc) is 2.63. The summed E-state index contributed by atoms with van der Waals surface area (Å²) in [5.41, 5.74) is 0.635. The second-order valence-corrected chi connectivity index (χ2v) is 4.06. The zero-order chi connectivity index (χ0) is 9.84. The van der Waals surface area contributed by atoms with Crippen LogP contribution in [0.2, 0.25) is 0 Å². The highest BCUT2D eigenvalue weighted by molar-refractivity contribution is 7.80. The zero-order valence-electron chi connectivity index (χ0n) is 6.92. The molecule has 0 spiro atoms. The second-order valence-electron chi connectivity index (χ2n) is 2.70. The number of aliphatic hydroxyl groups is 3. The molecule has 2 atom stereocenters. The molecule has 2 unspecified atom stereocenters. The van der Waals surface area contributed by atoms with Crippen molar-refractivity contribution in [1.82, 2.24) is 0 Å². The van der Waals surface area contributed by atoms with Gasteiger partial charge in [0.25, 0.3) is 0 Å². The molecule has 0 aliphatic carbocycles. The van der Waals surface area contributed by atoms with Gasteiger partial charge >= 0.3 is 0 Å². The summed E-state index contributed by atoms with van der Waals surface area (Å²) in [6, 6.07) is 1.68. The maximum Gasteiger partial charge on any atom is 0.106 e. The predicted octanol–water partition coefficient (Wildman–Crippen LogP) is 0.565. The van der Waals surface area contributed by atoms with E-state index >= 15 is 0 Å². The first-order valence-corrected chi connectivity index (χ1v) is 5.35. The summed E-state index contributed by atoms with van der Waals surface area (Å²) in [4.78, 5) is 0.778. The van der Waals surface area contributed by atoms with E-state index in [0.29, 0.717) is 5.56 Å². The van der Waals surface area contributed by atoms with Gasteiger partial charge in [-0.15, -0.1) is 11.3 Å². The molecule has 0 radical (unpaired) electrons. The van der Waals surface area contributed by atoms with Gasteiger partial charge in [-0.2, -0.15) is 12.6 Å². The van der Waals surface area contributed by atoms with Crippen molar-refractivity contribution in [2.24, 2.45) is 0 Å². The topological polar surface area (TPSA) is 60.7 Å². The van der Waals surface area contributed by atoms with Gasteiger partial charge in [0.05, 0.1) is 12.7 Å². The molecule has 1 rings (SSSR count). The Labute approximate surface area is 86.1 Å². The molecule has 0 aromatic carbocycles. The molecule has 3 nitrogen and oxygen atoms in total. The fourth-order valence-corrected chi connectivity index (χ4v) is 1.93. The lowest BCUT2D eigenvalue weighted by molar-refractivity contribution is 0.0340. The number of aliphatic hydroxyl groups excluding tert-OH is 3. The second kappa shape index (κ2) is 4.97. The van der Waals surface area contributed by atoms with Crippen molar-refractivity contribution in [3.8, 4) is 0 Å². The van der Waals surface area contributed by atoms with Gasteiger partial charge in [0, 0.05) is 10.6 Å². The van der Waals surface area contributed by atoms with Crippen molar-refractivity contribution in [3.05, 3.63) is 21.9 Å². The number of hydrogen-bond acceptors (Lipinski definition) is 5. The summed E-state index contributed by atoms with van der Waals surface area (Å²) < 4.78 is 0. The highest BCUT2D eigenvalue weighted by Crippen LogP contribution is 2.23. The van der Waals surface area contributed by atoms with Crippen LogP contribution >= 0.6 is 24.0 Å². The van der Waals surface area contributed by atoms with Crippen molar-refractivity contribution >= 4 is 24.0 Å². The summed E-state index contributed by atoms with van der Waals surface area (Å²) >= 11 is 5.24. The standard InChI is InChI=1S/C8H12O3S2/c9-2-6-1-5(4-13-6)8(11)7(10)3-12/h1,4,7-12H,2-3H2. The third kappa shape index (κ3) is 2.69. The van der Waals surface area contributed by atoms with E-state index in [0.717, 1.165) is 4.88 Å². The van der Waals surface area contributed by atoms with Crippen LogP contribution < -0.4 is 0 Å². The van der Waals surface area contributed by atoms with Gasteiger partial charge in [-0.25, -0.2) is 0 Å². The largest absolute Gasteiger partial charge is 0.391 e. The van der Waals surface area contributed by atoms with Gasteiger partial charge in [0.15, 0.2) is 0 Å². The Morgan fingerprint density at radius 2 is 2.15 bits per heavy atom. The zero-order valence-corrected chi connectivity index (χ0v) is 8.63. The molecule has 0 saturated heterocycles. The van der Waals surface area contributed by atoms with Crippen LogP contribution in [-0.4, -0.2) is 27.2 Å². The fourth-order valence-electron chi connectivity index (χ4n) is 0.958. The molecule has 0 fully saturated rings. The summed E-state index contributed by atoms with van der Waals surface area (Å²) in [5, 5.41) is 29.3. The van der Waals surface area contributed by atoms with Crippen molar-refractivity contribution in [3.63, 3.8) is 0 Å². The fraction of sp³-hybridized carbons (Fsp3) is 0.500. The maximum absolute atomic E-state index is 9.52. The van der Waals surface area contributed by atoms with Crippen molar-refractivity contribution in [2.75, 3.05) is 5.75 Å². The summed E-state index contributed by atoms with van der Waals surface area (Å²) in [6.45, 7) is -0.0334. The lowest BCUT2D eigenvalue weighted by Crippen LogP contribution is -2.19. The SMILES string of the molecule is OCc1cc(C(O)C(O)CS)cs1. The van der Waals surface area contributed by atoms with Gasteiger partial charge in [-0.3, -0.25) is 0 Å². The average molecular weight is 220 g/mol. The third-order valence-corrected chi connectivity index (χ3v) is 3.04. The number of thiol groups is 1. The lowest BCUT2D eigenvalue weighted by atomic mass is 10.1. The molecule has 1 aromatic heterocycles. The minimum absolute atomic E-state index is 0.0334. The van der Waals surface area contributed by atoms with Crippen LogP contribution in [0.5, 0.6) is 0 Å². The van der Waals surface area contributed by atoms with Crippen LogP contribution in [-0.2, 0) is 6.61 Å². The number of rotatable bonds is 4. The van der Waals surface area contributed by atoms with Crippen molar-refractivity contribution in [2.45, 2.75) is 18.8 Å². The Morgan fingerprint density at radius 1 is 1.46 bits per heavy atom. The van der Waals surface area contributed by atoms with E-state index in [-0.39, 0.29) is 12.4 Å². The maximum atomic E-state index is 9.52. The van der Waals surface area contributed by atoms with Crippen LogP contribution in [0.4, 0.5) is 0 Å². The Morgan fingerprint density at radius 3 is 2.62 bits per heavy atom. The highest BCUT2D eigenvalue weighted by Gasteiger charge is 2.17. The number of thiophene rings is 1. The minimum Gasteiger partial charge on any atom is -0.391 e. The van der Waals surface area contributed by atoms with Gasteiger partial charge in [0.2, 0.25) is 0 Å². The summed E-state index contributed by atoms with van der Waals surface area (Å²) in [7, 11) is 0. The van der Waals surface area contributed by atoms with Crippen LogP contribution in [0.3, 0.4) is 0 Å². The van der Waals surface area contributed by atoms with Crippen molar-refractivity contribution < 1.29 is 15.3 Å². The van der Waals surface area contributed by atoms with Crippen molar-refractivity contribution in [1.29, 1.82) is 0 Å². The molecule has 0 bridgehead atoms. The summed E-state index contributed by atoms with van der Waals surface area (Å²) in [6.07, 6.45) is -1.77. The van der Waals surface area contributed by atoms with Crippen LogP contribution in [0, 0.1) is 0 Å². The molecule has 3 N–H and O–H groups in total. The first-order chi connectivity index (χ1) is 6.19. The lowest BCUT2D eigenvalue weighted by Gasteiger charge is -2.13. The van der Waals surface area contributed by atoms with Gasteiger partial charge in [-0.1, -0.05) is 0 Å². The molecule has 5 heteroatoms. The Bertz CT molecular complexity index is 262. The van der Waals surface area contributed by atoms with E-state index in [4.69, 9.17) is 5.11 Å². The first-order valence-electron chi connectivity index (χ1n) is 3.84. The predicted molar refractivity (Wildman–Crippen MR) is 55.1 cm³/mol. The molecule has 1 aromatic rings. The molecule has 1 heterocycles. The molecule has 13 heavy (non-hydrogen) atoms. The van der Waals surface area contributed by atoms with E-state index in [1.54, 1.807) is 11.4 Å². The third-order valence-electron chi connectivity index (χ3n) is 1.72. The van der Waals surface area contributed by atoms with E-state index < -0.39 is 12.2 Å². The van der Waals surface area contributed by atoms with E-state index in [1.807, 2.05) is 0 Å². The Hall–Kier alpha value is -0.0700. The first kappa shape index (κ1) is 11.0. The van der Waals surface area contributed by atoms with Gasteiger partial charge in [0.1, 0.15) is 6.10 Å². The van der Waals surface area contributed by atoms with Gasteiger partial charge < -0.3 is 15.3 Å². The molecule has 0 amide bonds. The van der Waals surface area contributed by atoms with Crippen LogP contribution in [0.25, 0.3) is 0 Å². The quantitative estimate of drug-likeness (QED) is 0.561.